The number of hydrogen-bond donors (Lipinski definition) is 1. The minimum atomic E-state index is -3.81. The summed E-state index contributed by atoms with van der Waals surface area (Å²) in [6.45, 7) is 4.25. The van der Waals surface area contributed by atoms with Gasteiger partial charge in [-0.15, -0.1) is 0 Å². The van der Waals surface area contributed by atoms with E-state index in [0.29, 0.717) is 23.8 Å². The average molecular weight is 378 g/mol. The molecule has 3 aromatic rings. The van der Waals surface area contributed by atoms with Gasteiger partial charge in [0.1, 0.15) is 17.2 Å². The molecule has 3 rings (SSSR count). The molecule has 2 heterocycles. The van der Waals surface area contributed by atoms with Crippen molar-refractivity contribution in [3.63, 3.8) is 0 Å². The van der Waals surface area contributed by atoms with Gasteiger partial charge in [-0.2, -0.15) is 0 Å². The number of rotatable bonds is 6. The molecular formula is C17H19FN4O3S. The Bertz CT molecular complexity index is 1030. The first-order valence-electron chi connectivity index (χ1n) is 8.03. The van der Waals surface area contributed by atoms with E-state index in [1.54, 1.807) is 19.2 Å². The van der Waals surface area contributed by atoms with Crippen LogP contribution >= 0.6 is 0 Å². The maximum Gasteiger partial charge on any atom is 0.241 e. The van der Waals surface area contributed by atoms with Crippen LogP contribution in [0.3, 0.4) is 0 Å². The molecule has 9 heteroatoms. The topological polar surface area (TPSA) is 86.1 Å². The molecule has 1 aromatic carbocycles. The predicted octanol–water partition coefficient (Wildman–Crippen LogP) is 2.64. The van der Waals surface area contributed by atoms with E-state index in [9.17, 15) is 12.8 Å². The van der Waals surface area contributed by atoms with Gasteiger partial charge in [0.05, 0.1) is 29.8 Å². The summed E-state index contributed by atoms with van der Waals surface area (Å²) < 4.78 is 47.7. The summed E-state index contributed by atoms with van der Waals surface area (Å²) in [6.07, 6.45) is 1.59. The fraction of sp³-hybridized carbons (Fsp3) is 0.294. The number of ether oxygens (including phenoxy) is 1. The van der Waals surface area contributed by atoms with Crippen LogP contribution in [0, 0.1) is 5.82 Å². The van der Waals surface area contributed by atoms with Crippen molar-refractivity contribution in [2.75, 3.05) is 7.11 Å². The van der Waals surface area contributed by atoms with Gasteiger partial charge >= 0.3 is 0 Å². The first-order valence-corrected chi connectivity index (χ1v) is 9.52. The van der Waals surface area contributed by atoms with Crippen LogP contribution in [0.5, 0.6) is 5.88 Å². The van der Waals surface area contributed by atoms with Gasteiger partial charge in [0.15, 0.2) is 0 Å². The zero-order chi connectivity index (χ0) is 18.9. The third kappa shape index (κ3) is 3.40. The van der Waals surface area contributed by atoms with Crippen molar-refractivity contribution in [2.24, 2.45) is 0 Å². The highest BCUT2D eigenvalue weighted by Crippen LogP contribution is 2.24. The van der Waals surface area contributed by atoms with Crippen molar-refractivity contribution >= 4 is 21.1 Å². The second kappa shape index (κ2) is 7.00. The minimum absolute atomic E-state index is 0.00625. The van der Waals surface area contributed by atoms with Gasteiger partial charge in [0.25, 0.3) is 0 Å². The Labute approximate surface area is 150 Å². The lowest BCUT2D eigenvalue weighted by atomic mass is 10.3. The number of pyridine rings is 1. The summed E-state index contributed by atoms with van der Waals surface area (Å²) in [4.78, 5) is 8.63. The Morgan fingerprint density at radius 3 is 2.62 bits per heavy atom. The molecule has 0 radical (unpaired) electrons. The molecule has 26 heavy (non-hydrogen) atoms. The quantitative estimate of drug-likeness (QED) is 0.713. The molecular weight excluding hydrogens is 359 g/mol. The summed E-state index contributed by atoms with van der Waals surface area (Å²) in [7, 11) is -2.28. The van der Waals surface area contributed by atoms with Crippen LogP contribution in [0.2, 0.25) is 0 Å². The van der Waals surface area contributed by atoms with Crippen LogP contribution in [0.15, 0.2) is 41.4 Å². The van der Waals surface area contributed by atoms with Gasteiger partial charge in [-0.3, -0.25) is 0 Å². The van der Waals surface area contributed by atoms with Crippen LogP contribution in [0.1, 0.15) is 25.7 Å². The molecule has 0 bridgehead atoms. The fourth-order valence-electron chi connectivity index (χ4n) is 2.77. The van der Waals surface area contributed by atoms with Crippen LogP contribution < -0.4 is 9.46 Å². The van der Waals surface area contributed by atoms with Gasteiger partial charge in [-0.05, 0) is 38.1 Å². The summed E-state index contributed by atoms with van der Waals surface area (Å²) in [5.74, 6) is 0.521. The number of benzene rings is 1. The number of methoxy groups -OCH3 is 1. The molecule has 1 atom stereocenters. The van der Waals surface area contributed by atoms with E-state index in [2.05, 4.69) is 14.7 Å². The Hall–Kier alpha value is -2.52. The standard InChI is InChI=1S/C17H19FN4O3S/c1-4-22-15-9-16(25-3)19-10-14(15)20-17(22)11(2)21-26(23,24)13-7-5-12(18)6-8-13/h5-11,21H,4H2,1-3H3. The van der Waals surface area contributed by atoms with E-state index in [-0.39, 0.29) is 4.90 Å². The Morgan fingerprint density at radius 2 is 2.00 bits per heavy atom. The highest BCUT2D eigenvalue weighted by molar-refractivity contribution is 7.89. The number of aryl methyl sites for hydroxylation is 1. The first-order chi connectivity index (χ1) is 12.4. The molecule has 0 aliphatic heterocycles. The molecule has 0 amide bonds. The number of sulfonamides is 1. The van der Waals surface area contributed by atoms with Crippen LogP contribution in [-0.2, 0) is 16.6 Å². The van der Waals surface area contributed by atoms with Gasteiger partial charge in [0, 0.05) is 12.6 Å². The molecule has 7 nitrogen and oxygen atoms in total. The summed E-state index contributed by atoms with van der Waals surface area (Å²) >= 11 is 0. The highest BCUT2D eigenvalue weighted by Gasteiger charge is 2.23. The van der Waals surface area contributed by atoms with Crippen molar-refractivity contribution in [3.8, 4) is 5.88 Å². The lowest BCUT2D eigenvalue weighted by Crippen LogP contribution is -2.28. The maximum atomic E-state index is 13.0. The molecule has 2 aromatic heterocycles. The number of fused-ring (bicyclic) bond motifs is 1. The lowest BCUT2D eigenvalue weighted by Gasteiger charge is -2.15. The summed E-state index contributed by atoms with van der Waals surface area (Å²) in [5, 5.41) is 0. The van der Waals surface area contributed by atoms with Crippen molar-refractivity contribution in [1.29, 1.82) is 0 Å². The minimum Gasteiger partial charge on any atom is -0.481 e. The Balaban J connectivity index is 1.96. The molecule has 0 aliphatic carbocycles. The van der Waals surface area contributed by atoms with E-state index in [1.165, 1.54) is 19.2 Å². The summed E-state index contributed by atoms with van der Waals surface area (Å²) in [6, 6.07) is 5.83. The van der Waals surface area contributed by atoms with Crippen molar-refractivity contribution < 1.29 is 17.5 Å². The van der Waals surface area contributed by atoms with E-state index in [1.807, 2.05) is 11.5 Å². The molecule has 1 unspecified atom stereocenters. The second-order valence-corrected chi connectivity index (χ2v) is 7.44. The summed E-state index contributed by atoms with van der Waals surface area (Å²) in [5.41, 5.74) is 1.46. The number of nitrogens with one attached hydrogen (secondary N) is 1. The Kier molecular flexibility index (Phi) is 4.92. The number of hydrogen-bond acceptors (Lipinski definition) is 5. The zero-order valence-electron chi connectivity index (χ0n) is 14.6. The van der Waals surface area contributed by atoms with Crippen LogP contribution in [0.25, 0.3) is 11.0 Å². The zero-order valence-corrected chi connectivity index (χ0v) is 15.4. The van der Waals surface area contributed by atoms with Gasteiger partial charge in [-0.1, -0.05) is 0 Å². The van der Waals surface area contributed by atoms with E-state index < -0.39 is 21.9 Å². The van der Waals surface area contributed by atoms with Gasteiger partial charge in [0.2, 0.25) is 15.9 Å². The number of nitrogens with zero attached hydrogens (tertiary/aromatic N) is 3. The largest absolute Gasteiger partial charge is 0.481 e. The van der Waals surface area contributed by atoms with Crippen molar-refractivity contribution in [3.05, 3.63) is 48.2 Å². The van der Waals surface area contributed by atoms with E-state index >= 15 is 0 Å². The third-order valence-corrected chi connectivity index (χ3v) is 5.56. The van der Waals surface area contributed by atoms with Crippen molar-refractivity contribution in [1.82, 2.24) is 19.3 Å². The van der Waals surface area contributed by atoms with Crippen molar-refractivity contribution in [2.45, 2.75) is 31.3 Å². The highest BCUT2D eigenvalue weighted by atomic mass is 32.2. The number of imidazole rings is 1. The fourth-order valence-corrected chi connectivity index (χ4v) is 3.97. The van der Waals surface area contributed by atoms with Gasteiger partial charge in [-0.25, -0.2) is 27.5 Å². The Morgan fingerprint density at radius 1 is 1.31 bits per heavy atom. The third-order valence-electron chi connectivity index (χ3n) is 4.01. The monoisotopic (exact) mass is 378 g/mol. The van der Waals surface area contributed by atoms with E-state index in [0.717, 1.165) is 17.6 Å². The molecule has 0 saturated carbocycles. The molecule has 0 fully saturated rings. The second-order valence-electron chi connectivity index (χ2n) is 5.73. The average Bonchev–Trinajstić information content (AvgIpc) is 2.99. The van der Waals surface area contributed by atoms with Gasteiger partial charge < -0.3 is 9.30 Å². The molecule has 0 saturated heterocycles. The number of aromatic nitrogens is 3. The number of halogens is 1. The molecule has 138 valence electrons. The normalized spacial score (nSPS) is 13.1. The molecule has 0 spiro atoms. The maximum absolute atomic E-state index is 13.0. The lowest BCUT2D eigenvalue weighted by molar-refractivity contribution is 0.398. The molecule has 0 aliphatic rings. The van der Waals surface area contributed by atoms with Crippen LogP contribution in [0.4, 0.5) is 4.39 Å². The predicted molar refractivity (Wildman–Crippen MR) is 94.9 cm³/mol. The SMILES string of the molecule is CCn1c(C(C)NS(=O)(=O)c2ccc(F)cc2)nc2cnc(OC)cc21. The first kappa shape index (κ1) is 18.3. The van der Waals surface area contributed by atoms with E-state index in [4.69, 9.17) is 4.74 Å². The molecule has 1 N–H and O–H groups in total. The smallest absolute Gasteiger partial charge is 0.241 e. The van der Waals surface area contributed by atoms with Crippen LogP contribution in [-0.4, -0.2) is 30.1 Å².